The molecular formula is C58H35N3O3. The Morgan fingerprint density at radius 1 is 0.438 bits per heavy atom. The van der Waals surface area contributed by atoms with E-state index in [9.17, 15) is 0 Å². The highest BCUT2D eigenvalue weighted by molar-refractivity contribution is 6.18. The van der Waals surface area contributed by atoms with Gasteiger partial charge in [-0.25, -0.2) is 9.98 Å². The normalized spacial score (nSPS) is 15.6. The summed E-state index contributed by atoms with van der Waals surface area (Å²) in [7, 11) is 0. The minimum atomic E-state index is -0.607. The van der Waals surface area contributed by atoms with Crippen molar-refractivity contribution in [1.82, 2.24) is 5.32 Å². The summed E-state index contributed by atoms with van der Waals surface area (Å²) in [4.78, 5) is 10.8. The predicted molar refractivity (Wildman–Crippen MR) is 256 cm³/mol. The minimum Gasteiger partial charge on any atom is -0.457 e. The van der Waals surface area contributed by atoms with Gasteiger partial charge in [0.15, 0.2) is 5.84 Å². The van der Waals surface area contributed by atoms with Crippen LogP contribution in [-0.2, 0) is 5.41 Å². The van der Waals surface area contributed by atoms with Gasteiger partial charge < -0.3 is 18.9 Å². The van der Waals surface area contributed by atoms with Gasteiger partial charge >= 0.3 is 0 Å². The van der Waals surface area contributed by atoms with Gasteiger partial charge in [0.1, 0.15) is 45.8 Å². The second-order valence-corrected chi connectivity index (χ2v) is 16.7. The number of rotatable bonds is 4. The molecule has 1 unspecified atom stereocenters. The molecule has 64 heavy (non-hydrogen) atoms. The number of nitrogens with zero attached hydrogens (tertiary/aromatic N) is 2. The maximum atomic E-state index is 6.88. The van der Waals surface area contributed by atoms with E-state index < -0.39 is 11.6 Å². The summed E-state index contributed by atoms with van der Waals surface area (Å²) in [6.07, 6.45) is -0.499. The molecule has 9 aromatic carbocycles. The molecule has 6 nitrogen and oxygen atoms in total. The highest BCUT2D eigenvalue weighted by Gasteiger charge is 2.51. The van der Waals surface area contributed by atoms with Crippen LogP contribution in [0, 0.1) is 0 Å². The first-order chi connectivity index (χ1) is 31.7. The van der Waals surface area contributed by atoms with Gasteiger partial charge in [-0.1, -0.05) is 176 Å². The maximum absolute atomic E-state index is 6.88. The Labute approximate surface area is 367 Å². The van der Waals surface area contributed by atoms with Gasteiger partial charge in [-0.15, -0.1) is 0 Å². The number of aliphatic imine (C=N–C) groups is 2. The lowest BCUT2D eigenvalue weighted by Gasteiger charge is -2.39. The molecular weight excluding hydrogens is 787 g/mol. The zero-order valence-electron chi connectivity index (χ0n) is 34.2. The van der Waals surface area contributed by atoms with Crippen molar-refractivity contribution in [3.8, 4) is 33.8 Å². The van der Waals surface area contributed by atoms with Crippen molar-refractivity contribution in [3.05, 3.63) is 239 Å². The quantitative estimate of drug-likeness (QED) is 0.192. The van der Waals surface area contributed by atoms with E-state index in [2.05, 4.69) is 169 Å². The van der Waals surface area contributed by atoms with Crippen LogP contribution in [0.5, 0.6) is 11.5 Å². The number of hydrogen-bond donors (Lipinski definition) is 1. The standard InChI is InChI=1S/C58H35N3O3/c1-2-16-34(17-3-1)55-59-56(41-24-14-29-46-51(41)39-19-4-6-26-43(39)58(46)44-27-7-10-31-48(44)62-49-32-11-8-28-45(49)58)61-57(60-55)42-25-15-33-50-52(42)40-23-13-22-38(54(40)64-50)37-21-12-20-36-35-18-5-9-30-47(35)63-53(36)37/h1-33,57H,(H,59,60,61). The maximum Gasteiger partial charge on any atom is 0.159 e. The number of furan rings is 2. The summed E-state index contributed by atoms with van der Waals surface area (Å²) in [5.74, 6) is 3.12. The molecule has 0 amide bonds. The van der Waals surface area contributed by atoms with Gasteiger partial charge in [-0.2, -0.15) is 0 Å². The predicted octanol–water partition coefficient (Wildman–Crippen LogP) is 14.1. The largest absolute Gasteiger partial charge is 0.457 e. The third-order valence-electron chi connectivity index (χ3n) is 13.4. The van der Waals surface area contributed by atoms with Crippen molar-refractivity contribution in [1.29, 1.82) is 0 Å². The molecule has 0 bridgehead atoms. The molecule has 4 heterocycles. The SMILES string of the molecule is c1ccc(C2=NC(c3cccc4oc5c(-c6cccc7c6oc6ccccc67)cccc5c34)NC(c3cccc4c3-c3ccccc3C43c4ccccc4Oc4ccccc43)=N2)cc1. The molecule has 1 aliphatic carbocycles. The van der Waals surface area contributed by atoms with Gasteiger partial charge in [0.25, 0.3) is 0 Å². The lowest BCUT2D eigenvalue weighted by atomic mass is 9.66. The number of fused-ring (bicyclic) bond motifs is 15. The smallest absolute Gasteiger partial charge is 0.159 e. The van der Waals surface area contributed by atoms with Crippen molar-refractivity contribution >= 4 is 55.5 Å². The first kappa shape index (κ1) is 35.2. The molecule has 0 saturated carbocycles. The topological polar surface area (TPSA) is 72.3 Å². The van der Waals surface area contributed by atoms with Crippen LogP contribution in [0.3, 0.4) is 0 Å². The summed E-state index contributed by atoms with van der Waals surface area (Å²) in [6.45, 7) is 0. The Balaban J connectivity index is 0.969. The molecule has 14 rings (SSSR count). The van der Waals surface area contributed by atoms with E-state index in [1.54, 1.807) is 0 Å². The molecule has 0 saturated heterocycles. The molecule has 1 atom stereocenters. The summed E-state index contributed by atoms with van der Waals surface area (Å²) in [5, 5.41) is 8.07. The molecule has 3 aliphatic rings. The van der Waals surface area contributed by atoms with E-state index in [4.69, 9.17) is 23.6 Å². The van der Waals surface area contributed by atoms with Gasteiger partial charge in [0.2, 0.25) is 0 Å². The fraction of sp³-hybridized carbons (Fsp3) is 0.0345. The highest BCUT2D eigenvalue weighted by atomic mass is 16.5. The van der Waals surface area contributed by atoms with Crippen molar-refractivity contribution in [2.75, 3.05) is 0 Å². The van der Waals surface area contributed by atoms with Crippen molar-refractivity contribution in [2.45, 2.75) is 11.6 Å². The molecule has 300 valence electrons. The van der Waals surface area contributed by atoms with Crippen LogP contribution >= 0.6 is 0 Å². The van der Waals surface area contributed by atoms with Gasteiger partial charge in [0, 0.05) is 60.5 Å². The lowest BCUT2D eigenvalue weighted by molar-refractivity contribution is 0.436. The Hall–Kier alpha value is -8.48. The second-order valence-electron chi connectivity index (χ2n) is 16.7. The fourth-order valence-electron chi connectivity index (χ4n) is 10.8. The summed E-state index contributed by atoms with van der Waals surface area (Å²) >= 11 is 0. The van der Waals surface area contributed by atoms with E-state index in [0.717, 1.165) is 106 Å². The second kappa shape index (κ2) is 13.3. The Morgan fingerprint density at radius 3 is 1.81 bits per heavy atom. The van der Waals surface area contributed by atoms with Crippen molar-refractivity contribution < 1.29 is 13.6 Å². The van der Waals surface area contributed by atoms with E-state index in [1.807, 2.05) is 36.4 Å². The van der Waals surface area contributed by atoms with Crippen LogP contribution in [0.1, 0.15) is 45.1 Å². The number of para-hydroxylation sites is 5. The van der Waals surface area contributed by atoms with Gasteiger partial charge in [-0.3, -0.25) is 0 Å². The molecule has 6 heteroatoms. The minimum absolute atomic E-state index is 0.499. The van der Waals surface area contributed by atoms with Gasteiger partial charge in [-0.05, 0) is 46.5 Å². The van der Waals surface area contributed by atoms with Crippen LogP contribution in [0.15, 0.2) is 219 Å². The van der Waals surface area contributed by atoms with E-state index >= 15 is 0 Å². The summed E-state index contributed by atoms with van der Waals surface area (Å²) < 4.78 is 20.0. The first-order valence-electron chi connectivity index (χ1n) is 21.7. The molecule has 0 radical (unpaired) electrons. The van der Waals surface area contributed by atoms with Crippen LogP contribution in [-0.4, -0.2) is 11.7 Å². The van der Waals surface area contributed by atoms with Crippen LogP contribution in [0.2, 0.25) is 0 Å². The molecule has 1 N–H and O–H groups in total. The zero-order valence-corrected chi connectivity index (χ0v) is 34.2. The fourth-order valence-corrected chi connectivity index (χ4v) is 10.8. The number of hydrogen-bond acceptors (Lipinski definition) is 6. The molecule has 2 aromatic heterocycles. The number of benzene rings is 9. The Kier molecular flexibility index (Phi) is 7.28. The third-order valence-corrected chi connectivity index (χ3v) is 13.4. The third kappa shape index (κ3) is 4.79. The monoisotopic (exact) mass is 821 g/mol. The molecule has 0 fully saturated rings. The first-order valence-corrected chi connectivity index (χ1v) is 21.7. The zero-order chi connectivity index (χ0) is 41.9. The van der Waals surface area contributed by atoms with Crippen molar-refractivity contribution in [3.63, 3.8) is 0 Å². The van der Waals surface area contributed by atoms with E-state index in [0.29, 0.717) is 5.84 Å². The van der Waals surface area contributed by atoms with Gasteiger partial charge in [0.05, 0.1) is 5.41 Å². The molecule has 11 aromatic rings. The van der Waals surface area contributed by atoms with Crippen LogP contribution in [0.4, 0.5) is 0 Å². The molecule has 1 spiro atoms. The average Bonchev–Trinajstić information content (AvgIpc) is 4.03. The highest BCUT2D eigenvalue weighted by Crippen LogP contribution is 2.62. The molecule has 2 aliphatic heterocycles. The average molecular weight is 822 g/mol. The number of ether oxygens (including phenoxy) is 1. The van der Waals surface area contributed by atoms with Crippen LogP contribution in [0.25, 0.3) is 66.1 Å². The van der Waals surface area contributed by atoms with E-state index in [-0.39, 0.29) is 0 Å². The number of amidine groups is 2. The Morgan fingerprint density at radius 2 is 1.00 bits per heavy atom. The summed E-state index contributed by atoms with van der Waals surface area (Å²) in [5.41, 5.74) is 14.5. The summed E-state index contributed by atoms with van der Waals surface area (Å²) in [6, 6.07) is 69.9. The van der Waals surface area contributed by atoms with Crippen LogP contribution < -0.4 is 10.1 Å². The Bertz CT molecular complexity index is 3770. The van der Waals surface area contributed by atoms with Crippen molar-refractivity contribution in [2.24, 2.45) is 9.98 Å². The number of nitrogens with one attached hydrogen (secondary N) is 1. The van der Waals surface area contributed by atoms with E-state index in [1.165, 1.54) is 16.7 Å². The lowest BCUT2D eigenvalue weighted by Crippen LogP contribution is -2.34.